The van der Waals surface area contributed by atoms with Crippen molar-refractivity contribution >= 4 is 23.9 Å². The van der Waals surface area contributed by atoms with E-state index in [0.717, 1.165) is 6.42 Å². The maximum absolute atomic E-state index is 11.5. The van der Waals surface area contributed by atoms with Crippen molar-refractivity contribution in [1.82, 2.24) is 5.43 Å². The number of rotatable bonds is 2. The number of nitrogens with one attached hydrogen (secondary N) is 1. The van der Waals surface area contributed by atoms with Gasteiger partial charge < -0.3 is 14.2 Å². The van der Waals surface area contributed by atoms with Crippen LogP contribution in [0, 0.1) is 0 Å². The summed E-state index contributed by atoms with van der Waals surface area (Å²) in [7, 11) is 0. The third-order valence-electron chi connectivity index (χ3n) is 2.59. The lowest BCUT2D eigenvalue weighted by Crippen LogP contribution is -2.29. The molecule has 2 rings (SSSR count). The largest absolute Gasteiger partial charge is 0.489 e. The maximum Gasteiger partial charge on any atom is 0.428 e. The Hall–Kier alpha value is -1.95. The topological polar surface area (TPSA) is 69.2 Å². The number of halogens is 1. The van der Waals surface area contributed by atoms with Crippen molar-refractivity contribution in [2.45, 2.75) is 32.8 Å². The minimum absolute atomic E-state index is 0.443. The number of carbonyl (C=O) groups is 1. The summed E-state index contributed by atoms with van der Waals surface area (Å²) < 4.78 is 16.2. The summed E-state index contributed by atoms with van der Waals surface area (Å²) in [6, 6.07) is 3.45. The van der Waals surface area contributed by atoms with Crippen LogP contribution in [0.15, 0.2) is 17.2 Å². The Kier molecular flexibility index (Phi) is 5.13. The van der Waals surface area contributed by atoms with Crippen LogP contribution in [0.1, 0.15) is 32.8 Å². The fraction of sp³-hybridized carbons (Fsp3) is 0.467. The molecule has 0 unspecified atom stereocenters. The van der Waals surface area contributed by atoms with Gasteiger partial charge in [0.25, 0.3) is 0 Å². The Balaban J connectivity index is 2.04. The summed E-state index contributed by atoms with van der Waals surface area (Å²) in [6.45, 7) is 6.47. The molecular weight excluding hydrogens is 308 g/mol. The third-order valence-corrected chi connectivity index (χ3v) is 2.87. The molecule has 1 amide bonds. The summed E-state index contributed by atoms with van der Waals surface area (Å²) >= 11 is 6.17. The molecule has 6 nitrogen and oxygen atoms in total. The van der Waals surface area contributed by atoms with Gasteiger partial charge >= 0.3 is 6.09 Å². The molecule has 1 N–H and O–H groups in total. The molecule has 0 saturated carbocycles. The van der Waals surface area contributed by atoms with E-state index in [4.69, 9.17) is 25.8 Å². The second-order valence-electron chi connectivity index (χ2n) is 5.75. The molecule has 1 aromatic carbocycles. The normalized spacial score (nSPS) is 14.5. The Bertz CT molecular complexity index is 582. The molecule has 0 aromatic heterocycles. The van der Waals surface area contributed by atoms with Crippen LogP contribution >= 0.6 is 11.6 Å². The van der Waals surface area contributed by atoms with E-state index in [-0.39, 0.29) is 0 Å². The van der Waals surface area contributed by atoms with Crippen molar-refractivity contribution in [3.05, 3.63) is 22.7 Å². The van der Waals surface area contributed by atoms with E-state index in [9.17, 15) is 4.79 Å². The minimum Gasteiger partial charge on any atom is -0.489 e. The monoisotopic (exact) mass is 326 g/mol. The molecule has 0 bridgehead atoms. The van der Waals surface area contributed by atoms with Crippen LogP contribution in [0.4, 0.5) is 4.79 Å². The predicted molar refractivity (Wildman–Crippen MR) is 84.0 cm³/mol. The number of benzene rings is 1. The van der Waals surface area contributed by atoms with Gasteiger partial charge in [-0.3, -0.25) is 0 Å². The zero-order chi connectivity index (χ0) is 16.2. The van der Waals surface area contributed by atoms with Crippen LogP contribution in [0.25, 0.3) is 0 Å². The number of nitrogens with zero attached hydrogens (tertiary/aromatic N) is 1. The lowest BCUT2D eigenvalue weighted by Gasteiger charge is -2.18. The first kappa shape index (κ1) is 16.4. The van der Waals surface area contributed by atoms with Crippen molar-refractivity contribution in [3.8, 4) is 11.5 Å². The smallest absolute Gasteiger partial charge is 0.428 e. The van der Waals surface area contributed by atoms with Gasteiger partial charge in [-0.1, -0.05) is 11.6 Å². The van der Waals surface area contributed by atoms with Crippen LogP contribution in [-0.2, 0) is 4.74 Å². The quantitative estimate of drug-likeness (QED) is 0.668. The molecule has 1 aliphatic rings. The van der Waals surface area contributed by atoms with E-state index in [1.165, 1.54) is 6.21 Å². The molecule has 7 heteroatoms. The number of hydrogen-bond acceptors (Lipinski definition) is 5. The SMILES string of the molecule is CC(C)(C)OC(=O)N/N=C\c1cc(Cl)c2c(c1)OCCCO2. The number of hydrazone groups is 1. The molecule has 0 spiro atoms. The highest BCUT2D eigenvalue weighted by atomic mass is 35.5. The van der Waals surface area contributed by atoms with Gasteiger partial charge in [0.05, 0.1) is 24.5 Å². The molecular formula is C15H19ClN2O4. The summed E-state index contributed by atoms with van der Waals surface area (Å²) in [5.74, 6) is 1.11. The molecule has 0 fully saturated rings. The third kappa shape index (κ3) is 4.80. The van der Waals surface area contributed by atoms with Gasteiger partial charge in [-0.15, -0.1) is 0 Å². The van der Waals surface area contributed by atoms with E-state index in [0.29, 0.717) is 35.3 Å². The Labute approximate surface area is 134 Å². The van der Waals surface area contributed by atoms with E-state index in [1.807, 2.05) is 0 Å². The fourth-order valence-corrected chi connectivity index (χ4v) is 2.06. The number of ether oxygens (including phenoxy) is 3. The van der Waals surface area contributed by atoms with E-state index >= 15 is 0 Å². The zero-order valence-corrected chi connectivity index (χ0v) is 13.6. The molecule has 0 saturated heterocycles. The van der Waals surface area contributed by atoms with Crippen molar-refractivity contribution < 1.29 is 19.0 Å². The second kappa shape index (κ2) is 6.87. The first-order valence-corrected chi connectivity index (χ1v) is 7.34. The fourth-order valence-electron chi connectivity index (χ4n) is 1.79. The molecule has 0 atom stereocenters. The lowest BCUT2D eigenvalue weighted by atomic mass is 10.2. The first-order chi connectivity index (χ1) is 10.3. The molecule has 120 valence electrons. The van der Waals surface area contributed by atoms with Crippen molar-refractivity contribution in [1.29, 1.82) is 0 Å². The molecule has 1 heterocycles. The summed E-state index contributed by atoms with van der Waals surface area (Å²) in [4.78, 5) is 11.5. The Morgan fingerprint density at radius 1 is 1.36 bits per heavy atom. The highest BCUT2D eigenvalue weighted by molar-refractivity contribution is 6.32. The Morgan fingerprint density at radius 3 is 2.82 bits per heavy atom. The minimum atomic E-state index is -0.621. The average Bonchev–Trinajstić information content (AvgIpc) is 2.62. The predicted octanol–water partition coefficient (Wildman–Crippen LogP) is 3.36. The van der Waals surface area contributed by atoms with Gasteiger partial charge in [0.15, 0.2) is 11.5 Å². The van der Waals surface area contributed by atoms with Crippen LogP contribution in [-0.4, -0.2) is 31.1 Å². The van der Waals surface area contributed by atoms with Crippen LogP contribution in [0.5, 0.6) is 11.5 Å². The molecule has 0 radical (unpaired) electrons. The van der Waals surface area contributed by atoms with Crippen LogP contribution < -0.4 is 14.9 Å². The van der Waals surface area contributed by atoms with E-state index in [1.54, 1.807) is 32.9 Å². The number of carbonyl (C=O) groups excluding carboxylic acids is 1. The van der Waals surface area contributed by atoms with Gasteiger partial charge in [0.1, 0.15) is 5.60 Å². The van der Waals surface area contributed by atoms with E-state index < -0.39 is 11.7 Å². The average molecular weight is 327 g/mol. The number of hydrogen-bond donors (Lipinski definition) is 1. The summed E-state index contributed by atoms with van der Waals surface area (Å²) in [5.41, 5.74) is 2.41. The van der Waals surface area contributed by atoms with Gasteiger partial charge in [-0.05, 0) is 38.5 Å². The molecule has 1 aliphatic heterocycles. The van der Waals surface area contributed by atoms with Gasteiger partial charge in [0.2, 0.25) is 0 Å². The standard InChI is InChI=1S/C15H19ClN2O4/c1-15(2,3)22-14(19)18-17-9-10-7-11(16)13-12(8-10)20-5-4-6-21-13/h7-9H,4-6H2,1-3H3,(H,18,19)/b17-9-. The lowest BCUT2D eigenvalue weighted by molar-refractivity contribution is 0.0529. The van der Waals surface area contributed by atoms with Gasteiger partial charge in [-0.2, -0.15) is 5.10 Å². The van der Waals surface area contributed by atoms with Crippen LogP contribution in [0.3, 0.4) is 0 Å². The first-order valence-electron chi connectivity index (χ1n) is 6.96. The highest BCUT2D eigenvalue weighted by Crippen LogP contribution is 2.37. The van der Waals surface area contributed by atoms with Crippen molar-refractivity contribution in [2.75, 3.05) is 13.2 Å². The summed E-state index contributed by atoms with van der Waals surface area (Å²) in [5, 5.41) is 4.28. The van der Waals surface area contributed by atoms with E-state index in [2.05, 4.69) is 10.5 Å². The number of fused-ring (bicyclic) bond motifs is 1. The second-order valence-corrected chi connectivity index (χ2v) is 6.16. The van der Waals surface area contributed by atoms with Crippen molar-refractivity contribution in [3.63, 3.8) is 0 Å². The Morgan fingerprint density at radius 2 is 2.09 bits per heavy atom. The highest BCUT2D eigenvalue weighted by Gasteiger charge is 2.16. The van der Waals surface area contributed by atoms with Gasteiger partial charge in [0, 0.05) is 6.42 Å². The zero-order valence-electron chi connectivity index (χ0n) is 12.8. The van der Waals surface area contributed by atoms with Crippen LogP contribution in [0.2, 0.25) is 5.02 Å². The summed E-state index contributed by atoms with van der Waals surface area (Å²) in [6.07, 6.45) is 1.64. The molecule has 1 aromatic rings. The maximum atomic E-state index is 11.5. The molecule has 0 aliphatic carbocycles. The van der Waals surface area contributed by atoms with Crippen molar-refractivity contribution in [2.24, 2.45) is 5.10 Å². The molecule has 22 heavy (non-hydrogen) atoms. The van der Waals surface area contributed by atoms with Gasteiger partial charge in [-0.25, -0.2) is 10.2 Å². The number of amides is 1.